The van der Waals surface area contributed by atoms with E-state index in [1.807, 2.05) is 67.1 Å². The molecule has 2 N–H and O–H groups in total. The van der Waals surface area contributed by atoms with E-state index in [9.17, 15) is 4.79 Å². The topological polar surface area (TPSA) is 68.2 Å². The van der Waals surface area contributed by atoms with E-state index in [4.69, 9.17) is 28.6 Å². The van der Waals surface area contributed by atoms with Crippen molar-refractivity contribution in [3.63, 3.8) is 0 Å². The van der Waals surface area contributed by atoms with E-state index >= 15 is 0 Å². The van der Waals surface area contributed by atoms with E-state index in [2.05, 4.69) is 27.9 Å². The fourth-order valence-corrected chi connectivity index (χ4v) is 5.20. The molecule has 0 aliphatic heterocycles. The van der Waals surface area contributed by atoms with Gasteiger partial charge in [0.2, 0.25) is 0 Å². The van der Waals surface area contributed by atoms with Crippen LogP contribution < -0.4 is 10.6 Å². The standard InChI is InChI=1S/C26H25ClN4O2S2/c1-16-23(17(2)31(30-16)15-19-9-11-20(27)12-10-19)28-26(34)29-24-22(25(32)33-3)14-21(35-24)13-18-7-5-4-6-8-18/h4-12,14H,13,15H2,1-3H3,(H2,28,29,34). The van der Waals surface area contributed by atoms with E-state index in [0.29, 0.717) is 33.7 Å². The van der Waals surface area contributed by atoms with Crippen molar-refractivity contribution in [2.75, 3.05) is 17.7 Å². The van der Waals surface area contributed by atoms with Crippen LogP contribution in [0.2, 0.25) is 5.02 Å². The molecule has 0 unspecified atom stereocenters. The van der Waals surface area contributed by atoms with Crippen LogP contribution in [0.1, 0.15) is 37.7 Å². The number of hydrogen-bond acceptors (Lipinski definition) is 5. The number of ether oxygens (including phenoxy) is 1. The maximum Gasteiger partial charge on any atom is 0.340 e. The molecule has 0 fully saturated rings. The third-order valence-electron chi connectivity index (χ3n) is 5.50. The Bertz CT molecular complexity index is 1350. The van der Waals surface area contributed by atoms with Gasteiger partial charge in [-0.1, -0.05) is 54.1 Å². The van der Waals surface area contributed by atoms with Crippen LogP contribution in [0.25, 0.3) is 0 Å². The lowest BCUT2D eigenvalue weighted by Gasteiger charge is -2.11. The van der Waals surface area contributed by atoms with Gasteiger partial charge in [-0.3, -0.25) is 4.68 Å². The van der Waals surface area contributed by atoms with Crippen molar-refractivity contribution in [1.29, 1.82) is 0 Å². The van der Waals surface area contributed by atoms with Crippen molar-refractivity contribution in [2.45, 2.75) is 26.8 Å². The second-order valence-corrected chi connectivity index (χ2v) is 10.00. The quantitative estimate of drug-likeness (QED) is 0.214. The highest BCUT2D eigenvalue weighted by Crippen LogP contribution is 2.31. The minimum Gasteiger partial charge on any atom is -0.465 e. The number of esters is 1. The number of thiocarbonyl (C=S) groups is 1. The fourth-order valence-electron chi connectivity index (χ4n) is 3.72. The van der Waals surface area contributed by atoms with Gasteiger partial charge in [-0.2, -0.15) is 5.10 Å². The third-order valence-corrected chi connectivity index (χ3v) is 7.01. The van der Waals surface area contributed by atoms with Gasteiger partial charge in [0.15, 0.2) is 5.11 Å². The number of benzene rings is 2. The summed E-state index contributed by atoms with van der Waals surface area (Å²) in [4.78, 5) is 13.4. The molecule has 4 aromatic rings. The summed E-state index contributed by atoms with van der Waals surface area (Å²) in [6.07, 6.45) is 0.715. The maximum atomic E-state index is 12.4. The Labute approximate surface area is 218 Å². The number of carbonyl (C=O) groups excluding carboxylic acids is 1. The summed E-state index contributed by atoms with van der Waals surface area (Å²) in [6.45, 7) is 4.54. The summed E-state index contributed by atoms with van der Waals surface area (Å²) in [6, 6.07) is 19.7. The highest BCUT2D eigenvalue weighted by atomic mass is 35.5. The zero-order chi connectivity index (χ0) is 24.9. The molecule has 2 aromatic carbocycles. The van der Waals surface area contributed by atoms with Crippen LogP contribution in [0, 0.1) is 13.8 Å². The number of thiophene rings is 1. The number of nitrogens with one attached hydrogen (secondary N) is 2. The van der Waals surface area contributed by atoms with Crippen molar-refractivity contribution in [3.05, 3.63) is 98.6 Å². The molecule has 4 rings (SSSR count). The molecular weight excluding hydrogens is 500 g/mol. The molecule has 0 amide bonds. The molecule has 0 radical (unpaired) electrons. The molecule has 2 heterocycles. The molecule has 0 bridgehead atoms. The Morgan fingerprint density at radius 1 is 1.09 bits per heavy atom. The zero-order valence-electron chi connectivity index (χ0n) is 19.6. The number of carbonyl (C=O) groups is 1. The van der Waals surface area contributed by atoms with Gasteiger partial charge in [0.25, 0.3) is 0 Å². The maximum absolute atomic E-state index is 12.4. The Morgan fingerprint density at radius 2 is 1.80 bits per heavy atom. The zero-order valence-corrected chi connectivity index (χ0v) is 22.0. The van der Waals surface area contributed by atoms with Crippen LogP contribution in [0.4, 0.5) is 10.7 Å². The van der Waals surface area contributed by atoms with Crippen molar-refractivity contribution in [2.24, 2.45) is 0 Å². The lowest BCUT2D eigenvalue weighted by Crippen LogP contribution is -2.20. The molecule has 0 saturated heterocycles. The molecule has 0 aliphatic rings. The SMILES string of the molecule is COC(=O)c1cc(Cc2ccccc2)sc1NC(=S)Nc1c(C)nn(Cc2ccc(Cl)cc2)c1C. The second-order valence-electron chi connectivity index (χ2n) is 8.02. The number of rotatable bonds is 7. The molecule has 0 atom stereocenters. The van der Waals surface area contributed by atoms with Gasteiger partial charge in [0.05, 0.1) is 36.3 Å². The molecule has 0 spiro atoms. The Kier molecular flexibility index (Phi) is 7.85. The number of hydrogen-bond donors (Lipinski definition) is 2. The normalized spacial score (nSPS) is 10.7. The van der Waals surface area contributed by atoms with E-state index in [0.717, 1.165) is 33.1 Å². The highest BCUT2D eigenvalue weighted by Gasteiger charge is 2.19. The Balaban J connectivity index is 1.50. The first kappa shape index (κ1) is 24.9. The molecule has 2 aromatic heterocycles. The number of aromatic nitrogens is 2. The van der Waals surface area contributed by atoms with Crippen molar-refractivity contribution >= 4 is 56.9 Å². The second kappa shape index (κ2) is 11.0. The fraction of sp³-hybridized carbons (Fsp3) is 0.192. The summed E-state index contributed by atoms with van der Waals surface area (Å²) in [7, 11) is 1.37. The lowest BCUT2D eigenvalue weighted by atomic mass is 10.1. The Morgan fingerprint density at radius 3 is 2.49 bits per heavy atom. The van der Waals surface area contributed by atoms with Crippen LogP contribution in [0.5, 0.6) is 0 Å². The smallest absolute Gasteiger partial charge is 0.340 e. The highest BCUT2D eigenvalue weighted by molar-refractivity contribution is 7.80. The third kappa shape index (κ3) is 6.08. The minimum absolute atomic E-state index is 0.375. The number of anilines is 2. The monoisotopic (exact) mass is 524 g/mol. The van der Waals surface area contributed by atoms with E-state index in [1.54, 1.807) is 0 Å². The van der Waals surface area contributed by atoms with Crippen LogP contribution in [0.15, 0.2) is 60.7 Å². The summed E-state index contributed by atoms with van der Waals surface area (Å²) < 4.78 is 6.91. The summed E-state index contributed by atoms with van der Waals surface area (Å²) in [5, 5.41) is 12.8. The minimum atomic E-state index is -0.408. The first-order valence-electron chi connectivity index (χ1n) is 11.0. The average Bonchev–Trinajstić information content (AvgIpc) is 3.35. The number of halogens is 1. The first-order chi connectivity index (χ1) is 16.8. The van der Waals surface area contributed by atoms with E-state index < -0.39 is 5.97 Å². The van der Waals surface area contributed by atoms with Crippen LogP contribution in [-0.4, -0.2) is 28.0 Å². The van der Waals surface area contributed by atoms with Crippen molar-refractivity contribution in [3.8, 4) is 0 Å². The van der Waals surface area contributed by atoms with Gasteiger partial charge in [-0.15, -0.1) is 11.3 Å². The van der Waals surface area contributed by atoms with E-state index in [-0.39, 0.29) is 0 Å². The summed E-state index contributed by atoms with van der Waals surface area (Å²) in [5.41, 5.74) is 5.32. The predicted molar refractivity (Wildman–Crippen MR) is 147 cm³/mol. The number of nitrogens with zero attached hydrogens (tertiary/aromatic N) is 2. The van der Waals surface area contributed by atoms with Crippen molar-refractivity contribution < 1.29 is 9.53 Å². The van der Waals surface area contributed by atoms with Gasteiger partial charge >= 0.3 is 5.97 Å². The van der Waals surface area contributed by atoms with Gasteiger partial charge < -0.3 is 15.4 Å². The van der Waals surface area contributed by atoms with Crippen LogP contribution in [0.3, 0.4) is 0 Å². The number of aryl methyl sites for hydroxylation is 1. The van der Waals surface area contributed by atoms with Gasteiger partial charge in [-0.25, -0.2) is 4.79 Å². The lowest BCUT2D eigenvalue weighted by molar-refractivity contribution is 0.0602. The Hall–Kier alpha value is -3.20. The molecular formula is C26H25ClN4O2S2. The first-order valence-corrected chi connectivity index (χ1v) is 12.6. The molecule has 0 saturated carbocycles. The van der Waals surface area contributed by atoms with Gasteiger partial charge in [-0.05, 0) is 55.4 Å². The van der Waals surface area contributed by atoms with E-state index in [1.165, 1.54) is 18.4 Å². The predicted octanol–water partition coefficient (Wildman–Crippen LogP) is 6.45. The largest absolute Gasteiger partial charge is 0.465 e. The van der Waals surface area contributed by atoms with Gasteiger partial charge in [0, 0.05) is 16.3 Å². The molecule has 6 nitrogen and oxygen atoms in total. The average molecular weight is 525 g/mol. The molecule has 0 aliphatic carbocycles. The molecule has 180 valence electrons. The molecule has 9 heteroatoms. The molecule has 35 heavy (non-hydrogen) atoms. The van der Waals surface area contributed by atoms with Crippen molar-refractivity contribution in [1.82, 2.24) is 9.78 Å². The summed E-state index contributed by atoms with van der Waals surface area (Å²) in [5.74, 6) is -0.408. The van der Waals surface area contributed by atoms with Gasteiger partial charge in [0.1, 0.15) is 5.00 Å². The summed E-state index contributed by atoms with van der Waals surface area (Å²) >= 11 is 13.1. The van der Waals surface area contributed by atoms with Crippen LogP contribution >= 0.6 is 35.2 Å². The van der Waals surface area contributed by atoms with Crippen LogP contribution in [-0.2, 0) is 17.7 Å². The number of methoxy groups -OCH3 is 1.